The number of allylic oxidation sites excluding steroid dienone is 7. The number of rotatable bonds is 63. The van der Waals surface area contributed by atoms with Gasteiger partial charge in [0.15, 0.2) is 0 Å². The van der Waals surface area contributed by atoms with Crippen LogP contribution >= 0.6 is 0 Å². The van der Waals surface area contributed by atoms with E-state index in [4.69, 9.17) is 4.74 Å². The molecule has 0 aliphatic carbocycles. The molecule has 0 aromatic rings. The van der Waals surface area contributed by atoms with Crippen LogP contribution in [0.5, 0.6) is 0 Å². The van der Waals surface area contributed by atoms with Gasteiger partial charge in [-0.2, -0.15) is 0 Å². The Morgan fingerprint density at radius 3 is 1.07 bits per heavy atom. The van der Waals surface area contributed by atoms with Crippen LogP contribution in [0.2, 0.25) is 0 Å². The van der Waals surface area contributed by atoms with Gasteiger partial charge in [0.25, 0.3) is 0 Å². The number of aliphatic hydroxyl groups is 2. The van der Waals surface area contributed by atoms with Gasteiger partial charge in [-0.1, -0.05) is 313 Å². The Kier molecular flexibility index (Phi) is 63.5. The van der Waals surface area contributed by atoms with E-state index >= 15 is 0 Å². The summed E-state index contributed by atoms with van der Waals surface area (Å²) >= 11 is 0. The quantitative estimate of drug-likeness (QED) is 0.0320. The van der Waals surface area contributed by atoms with E-state index in [9.17, 15) is 19.8 Å². The average molecular weight is 1070 g/mol. The number of aliphatic hydroxyl groups excluding tert-OH is 2. The minimum atomic E-state index is -0.844. The number of carbonyl (C=O) groups excluding carboxylic acids is 2. The Bertz CT molecular complexity index is 1270. The van der Waals surface area contributed by atoms with E-state index in [0.29, 0.717) is 19.4 Å². The minimum absolute atomic E-state index is 0.00126. The third kappa shape index (κ3) is 61.0. The lowest BCUT2D eigenvalue weighted by Crippen LogP contribution is -2.45. The normalized spacial score (nSPS) is 12.8. The molecule has 76 heavy (non-hydrogen) atoms. The number of esters is 1. The van der Waals surface area contributed by atoms with Gasteiger partial charge >= 0.3 is 5.97 Å². The molecule has 0 rings (SSSR count). The van der Waals surface area contributed by atoms with Crippen LogP contribution in [-0.2, 0) is 14.3 Å². The van der Waals surface area contributed by atoms with Crippen LogP contribution in [0.3, 0.4) is 0 Å². The molecule has 0 aliphatic rings. The highest BCUT2D eigenvalue weighted by Crippen LogP contribution is 2.18. The van der Waals surface area contributed by atoms with Crippen molar-refractivity contribution in [2.24, 2.45) is 0 Å². The highest BCUT2D eigenvalue weighted by Gasteiger charge is 2.18. The zero-order chi connectivity index (χ0) is 55.0. The standard InChI is InChI=1S/C70H131NO5/c1-3-5-7-9-11-13-15-17-18-35-39-42-46-50-54-58-62-68(73)67(66-72)71-69(74)63-59-55-51-47-43-40-36-33-31-29-27-25-23-21-19-20-22-24-26-28-30-32-34-37-41-45-49-53-57-61-65-76-70(75)64-60-56-52-48-44-38-16-14-12-10-8-6-4-2/h8,10,14,16,20,22,58,62,67-68,72-73H,3-7,9,11-13,15,17-19,21,23-57,59-61,63-66H2,1-2H3,(H,71,74)/b10-8-,16-14-,22-20-,62-58+. The molecule has 1 amide bonds. The molecule has 0 fully saturated rings. The van der Waals surface area contributed by atoms with Crippen LogP contribution in [-0.4, -0.2) is 47.4 Å². The molecule has 6 heteroatoms. The topological polar surface area (TPSA) is 95.9 Å². The van der Waals surface area contributed by atoms with Crippen molar-refractivity contribution in [2.45, 2.75) is 373 Å². The summed E-state index contributed by atoms with van der Waals surface area (Å²) in [4.78, 5) is 24.5. The Morgan fingerprint density at radius 1 is 0.368 bits per heavy atom. The molecule has 0 radical (unpaired) electrons. The van der Waals surface area contributed by atoms with Crippen LogP contribution < -0.4 is 5.32 Å². The molecule has 0 aromatic heterocycles. The SMILES string of the molecule is CCC/C=C\C/C=C\CCCCCCCC(=O)OCCCCCCCCCCCCCC/C=C\CCCCCCCCCCCCCCCCC(=O)NC(CO)C(O)/C=C/CCCCCCCCCCCCCCCC. The first-order chi connectivity index (χ1) is 37.5. The van der Waals surface area contributed by atoms with Crippen molar-refractivity contribution in [3.8, 4) is 0 Å². The largest absolute Gasteiger partial charge is 0.466 e. The van der Waals surface area contributed by atoms with E-state index < -0.39 is 12.1 Å². The van der Waals surface area contributed by atoms with Gasteiger partial charge in [-0.05, 0) is 83.5 Å². The first-order valence-electron chi connectivity index (χ1n) is 33.9. The molecule has 2 atom stereocenters. The molecule has 0 saturated heterocycles. The van der Waals surface area contributed by atoms with Crippen molar-refractivity contribution in [3.05, 3.63) is 48.6 Å². The fraction of sp³-hybridized carbons (Fsp3) is 0.857. The van der Waals surface area contributed by atoms with E-state index in [2.05, 4.69) is 55.6 Å². The highest BCUT2D eigenvalue weighted by molar-refractivity contribution is 5.76. The third-order valence-electron chi connectivity index (χ3n) is 15.5. The number of hydrogen-bond donors (Lipinski definition) is 3. The van der Waals surface area contributed by atoms with Gasteiger partial charge in [-0.25, -0.2) is 0 Å². The van der Waals surface area contributed by atoms with Crippen LogP contribution in [0.15, 0.2) is 48.6 Å². The van der Waals surface area contributed by atoms with Crippen molar-refractivity contribution in [3.63, 3.8) is 0 Å². The second kappa shape index (κ2) is 65.3. The monoisotopic (exact) mass is 1070 g/mol. The van der Waals surface area contributed by atoms with Crippen molar-refractivity contribution < 1.29 is 24.5 Å². The summed E-state index contributed by atoms with van der Waals surface area (Å²) < 4.78 is 5.47. The summed E-state index contributed by atoms with van der Waals surface area (Å²) in [5.74, 6) is -0.0635. The van der Waals surface area contributed by atoms with E-state index in [-0.39, 0.29) is 18.5 Å². The van der Waals surface area contributed by atoms with Crippen molar-refractivity contribution >= 4 is 11.9 Å². The molecule has 0 saturated carbocycles. The van der Waals surface area contributed by atoms with Crippen molar-refractivity contribution in [1.29, 1.82) is 0 Å². The number of unbranched alkanes of at least 4 members (excludes halogenated alkanes) is 46. The minimum Gasteiger partial charge on any atom is -0.466 e. The van der Waals surface area contributed by atoms with E-state index in [1.165, 1.54) is 283 Å². The predicted octanol–water partition coefficient (Wildman–Crippen LogP) is 21.7. The molecular formula is C70H131NO5. The maximum absolute atomic E-state index is 12.5. The van der Waals surface area contributed by atoms with E-state index in [1.54, 1.807) is 6.08 Å². The Balaban J connectivity index is 3.39. The summed E-state index contributed by atoms with van der Waals surface area (Å²) in [6.45, 7) is 4.85. The van der Waals surface area contributed by atoms with Crippen LogP contribution in [0.1, 0.15) is 361 Å². The summed E-state index contributed by atoms with van der Waals surface area (Å²) in [5.41, 5.74) is 0. The number of hydrogen-bond acceptors (Lipinski definition) is 5. The second-order valence-corrected chi connectivity index (χ2v) is 23.1. The number of amides is 1. The molecule has 3 N–H and O–H groups in total. The summed E-state index contributed by atoms with van der Waals surface area (Å²) in [6.07, 6.45) is 84.7. The molecule has 0 bridgehead atoms. The van der Waals surface area contributed by atoms with Gasteiger partial charge in [0, 0.05) is 12.8 Å². The number of nitrogens with one attached hydrogen (secondary N) is 1. The Hall–Kier alpha value is -2.18. The molecule has 6 nitrogen and oxygen atoms in total. The molecule has 0 aliphatic heterocycles. The molecule has 0 aromatic carbocycles. The van der Waals surface area contributed by atoms with Crippen molar-refractivity contribution in [1.82, 2.24) is 5.32 Å². The van der Waals surface area contributed by atoms with Crippen LogP contribution in [0.25, 0.3) is 0 Å². The van der Waals surface area contributed by atoms with Gasteiger partial charge in [0.05, 0.1) is 25.4 Å². The predicted molar refractivity (Wildman–Crippen MR) is 333 cm³/mol. The summed E-state index contributed by atoms with van der Waals surface area (Å²) in [7, 11) is 0. The average Bonchev–Trinajstić information content (AvgIpc) is 3.42. The van der Waals surface area contributed by atoms with Gasteiger partial charge in [-0.15, -0.1) is 0 Å². The molecule has 446 valence electrons. The lowest BCUT2D eigenvalue weighted by atomic mass is 10.0. The number of ether oxygens (including phenoxy) is 1. The number of carbonyl (C=O) groups is 2. The molecular weight excluding hydrogens is 935 g/mol. The molecule has 0 spiro atoms. The fourth-order valence-electron chi connectivity index (χ4n) is 10.4. The van der Waals surface area contributed by atoms with Crippen LogP contribution in [0, 0.1) is 0 Å². The molecule has 2 unspecified atom stereocenters. The highest BCUT2D eigenvalue weighted by atomic mass is 16.5. The Labute approximate surface area is 474 Å². The fourth-order valence-corrected chi connectivity index (χ4v) is 10.4. The maximum Gasteiger partial charge on any atom is 0.305 e. The lowest BCUT2D eigenvalue weighted by Gasteiger charge is -2.20. The van der Waals surface area contributed by atoms with E-state index in [1.807, 2.05) is 6.08 Å². The third-order valence-corrected chi connectivity index (χ3v) is 15.5. The van der Waals surface area contributed by atoms with Gasteiger partial charge in [0.1, 0.15) is 0 Å². The van der Waals surface area contributed by atoms with Crippen molar-refractivity contribution in [2.75, 3.05) is 13.2 Å². The molecule has 0 heterocycles. The van der Waals surface area contributed by atoms with Gasteiger partial charge in [0.2, 0.25) is 5.91 Å². The summed E-state index contributed by atoms with van der Waals surface area (Å²) in [6, 6.07) is -0.627. The van der Waals surface area contributed by atoms with Crippen LogP contribution in [0.4, 0.5) is 0 Å². The zero-order valence-electron chi connectivity index (χ0n) is 51.0. The zero-order valence-corrected chi connectivity index (χ0v) is 51.0. The smallest absolute Gasteiger partial charge is 0.305 e. The summed E-state index contributed by atoms with van der Waals surface area (Å²) in [5, 5.41) is 23.2. The Morgan fingerprint density at radius 2 is 0.684 bits per heavy atom. The van der Waals surface area contributed by atoms with Gasteiger partial charge < -0.3 is 20.3 Å². The second-order valence-electron chi connectivity index (χ2n) is 23.1. The van der Waals surface area contributed by atoms with Gasteiger partial charge in [-0.3, -0.25) is 9.59 Å². The lowest BCUT2D eigenvalue weighted by molar-refractivity contribution is -0.143. The first-order valence-corrected chi connectivity index (χ1v) is 33.9. The maximum atomic E-state index is 12.5. The van der Waals surface area contributed by atoms with E-state index in [0.717, 1.165) is 51.4 Å². The first kappa shape index (κ1) is 73.8.